The quantitative estimate of drug-likeness (QED) is 0.429. The third-order valence-corrected chi connectivity index (χ3v) is 4.94. The molecule has 0 amide bonds. The SMILES string of the molecule is NCCOc1cccc(S(=O)(=O)C=CC(Oc2ccccc2[N+](=O)[O-])C(=O)O)c1. The molecule has 0 aliphatic carbocycles. The maximum atomic E-state index is 12.5. The molecule has 0 spiro atoms. The highest BCUT2D eigenvalue weighted by molar-refractivity contribution is 7.94. The van der Waals surface area contributed by atoms with Crippen molar-refractivity contribution in [3.05, 3.63) is 70.1 Å². The second-order valence-corrected chi connectivity index (χ2v) is 7.42. The van der Waals surface area contributed by atoms with Crippen molar-refractivity contribution in [2.24, 2.45) is 5.73 Å². The fraction of sp³-hybridized carbons (Fsp3) is 0.167. The normalized spacial score (nSPS) is 12.4. The molecule has 1 unspecified atom stereocenters. The number of hydrogen-bond donors (Lipinski definition) is 2. The van der Waals surface area contributed by atoms with Gasteiger partial charge in [0.1, 0.15) is 12.4 Å². The number of carboxylic acids is 1. The Kier molecular flexibility index (Phi) is 7.28. The van der Waals surface area contributed by atoms with Gasteiger partial charge in [-0.2, -0.15) is 0 Å². The fourth-order valence-corrected chi connectivity index (χ4v) is 3.24. The summed E-state index contributed by atoms with van der Waals surface area (Å²) in [6.45, 7) is 0.449. The van der Waals surface area contributed by atoms with E-state index in [0.29, 0.717) is 5.41 Å². The van der Waals surface area contributed by atoms with Crippen molar-refractivity contribution in [1.82, 2.24) is 0 Å². The van der Waals surface area contributed by atoms with E-state index >= 15 is 0 Å². The molecule has 0 aliphatic rings. The van der Waals surface area contributed by atoms with E-state index in [0.717, 1.165) is 12.1 Å². The third-order valence-electron chi connectivity index (χ3n) is 3.51. The molecule has 0 fully saturated rings. The van der Waals surface area contributed by atoms with E-state index in [1.165, 1.54) is 36.4 Å². The lowest BCUT2D eigenvalue weighted by Gasteiger charge is -2.11. The predicted molar refractivity (Wildman–Crippen MR) is 102 cm³/mol. The van der Waals surface area contributed by atoms with Gasteiger partial charge in [0.2, 0.25) is 6.10 Å². The molecule has 11 heteroatoms. The summed E-state index contributed by atoms with van der Waals surface area (Å²) in [5.74, 6) is -1.53. The molecule has 0 bridgehead atoms. The van der Waals surface area contributed by atoms with Crippen LogP contribution < -0.4 is 15.2 Å². The van der Waals surface area contributed by atoms with Crippen molar-refractivity contribution < 1.29 is 32.7 Å². The first-order valence-electron chi connectivity index (χ1n) is 8.23. The second-order valence-electron chi connectivity index (χ2n) is 5.59. The summed E-state index contributed by atoms with van der Waals surface area (Å²) in [4.78, 5) is 21.6. The topological polar surface area (TPSA) is 159 Å². The Balaban J connectivity index is 2.26. The second kappa shape index (κ2) is 9.66. The Morgan fingerprint density at radius 1 is 1.24 bits per heavy atom. The van der Waals surface area contributed by atoms with E-state index in [-0.39, 0.29) is 29.5 Å². The molecule has 0 aliphatic heterocycles. The largest absolute Gasteiger partial charge is 0.492 e. The molecule has 0 saturated carbocycles. The molecule has 2 rings (SSSR count). The summed E-state index contributed by atoms with van der Waals surface area (Å²) in [6.07, 6.45) is -0.968. The van der Waals surface area contributed by atoms with Gasteiger partial charge in [-0.05, 0) is 30.3 Å². The summed E-state index contributed by atoms with van der Waals surface area (Å²) in [5.41, 5.74) is 4.89. The van der Waals surface area contributed by atoms with Crippen molar-refractivity contribution in [1.29, 1.82) is 0 Å². The molecule has 3 N–H and O–H groups in total. The summed E-state index contributed by atoms with van der Waals surface area (Å²) >= 11 is 0. The molecule has 0 saturated heterocycles. The van der Waals surface area contributed by atoms with Crippen LogP contribution in [0.2, 0.25) is 0 Å². The van der Waals surface area contributed by atoms with Gasteiger partial charge in [-0.3, -0.25) is 10.1 Å². The number of aliphatic carboxylic acids is 1. The zero-order chi connectivity index (χ0) is 21.4. The first-order valence-corrected chi connectivity index (χ1v) is 9.78. The van der Waals surface area contributed by atoms with Crippen LogP contribution in [0, 0.1) is 10.1 Å². The molecule has 154 valence electrons. The van der Waals surface area contributed by atoms with Crippen molar-refractivity contribution in [3.8, 4) is 11.5 Å². The van der Waals surface area contributed by atoms with E-state index in [1.54, 1.807) is 6.07 Å². The van der Waals surface area contributed by atoms with Crippen LogP contribution in [0.1, 0.15) is 0 Å². The molecular weight excluding hydrogens is 404 g/mol. The minimum atomic E-state index is -4.02. The number of para-hydroxylation sites is 2. The molecule has 1 atom stereocenters. The molecular formula is C18H18N2O8S. The number of nitro groups is 1. The van der Waals surface area contributed by atoms with Crippen LogP contribution in [0.3, 0.4) is 0 Å². The Bertz CT molecular complexity index is 1020. The molecule has 0 radical (unpaired) electrons. The van der Waals surface area contributed by atoms with Crippen LogP contribution in [0.5, 0.6) is 11.5 Å². The van der Waals surface area contributed by atoms with Gasteiger partial charge in [0.05, 0.1) is 9.82 Å². The smallest absolute Gasteiger partial charge is 0.349 e. The summed E-state index contributed by atoms with van der Waals surface area (Å²) in [5, 5.41) is 21.0. The number of nitrogens with zero attached hydrogens (tertiary/aromatic N) is 1. The molecule has 10 nitrogen and oxygen atoms in total. The highest BCUT2D eigenvalue weighted by Crippen LogP contribution is 2.27. The van der Waals surface area contributed by atoms with E-state index in [2.05, 4.69) is 0 Å². The van der Waals surface area contributed by atoms with Gasteiger partial charge in [-0.15, -0.1) is 0 Å². The van der Waals surface area contributed by atoms with Crippen molar-refractivity contribution >= 4 is 21.5 Å². The van der Waals surface area contributed by atoms with Crippen LogP contribution in [0.4, 0.5) is 5.69 Å². The van der Waals surface area contributed by atoms with Crippen LogP contribution >= 0.6 is 0 Å². The van der Waals surface area contributed by atoms with E-state index in [4.69, 9.17) is 15.2 Å². The summed E-state index contributed by atoms with van der Waals surface area (Å²) in [7, 11) is -4.02. The zero-order valence-corrected chi connectivity index (χ0v) is 15.8. The molecule has 29 heavy (non-hydrogen) atoms. The fourth-order valence-electron chi connectivity index (χ4n) is 2.19. The molecule has 2 aromatic rings. The lowest BCUT2D eigenvalue weighted by molar-refractivity contribution is -0.386. The number of nitrogens with two attached hydrogens (primary N) is 1. The van der Waals surface area contributed by atoms with E-state index < -0.39 is 32.5 Å². The maximum Gasteiger partial charge on any atom is 0.349 e. The third kappa shape index (κ3) is 6.02. The lowest BCUT2D eigenvalue weighted by Crippen LogP contribution is -2.25. The minimum Gasteiger partial charge on any atom is -0.492 e. The van der Waals surface area contributed by atoms with Gasteiger partial charge in [-0.1, -0.05) is 18.2 Å². The number of ether oxygens (including phenoxy) is 2. The summed E-state index contributed by atoms with van der Waals surface area (Å²) in [6, 6.07) is 10.8. The molecule has 0 heterocycles. The first kappa shape index (κ1) is 21.9. The predicted octanol–water partition coefficient (Wildman–Crippen LogP) is 1.75. The van der Waals surface area contributed by atoms with Gasteiger partial charge < -0.3 is 20.3 Å². The Labute approximate surface area is 166 Å². The molecule has 2 aromatic carbocycles. The number of nitro benzene ring substituents is 1. The first-order chi connectivity index (χ1) is 13.7. The Morgan fingerprint density at radius 3 is 2.62 bits per heavy atom. The number of benzene rings is 2. The average Bonchev–Trinajstić information content (AvgIpc) is 2.69. The molecule has 0 aromatic heterocycles. The minimum absolute atomic E-state index is 0.127. The van der Waals surface area contributed by atoms with Crippen LogP contribution in [-0.4, -0.2) is 43.7 Å². The number of rotatable bonds is 10. The summed E-state index contributed by atoms with van der Waals surface area (Å²) < 4.78 is 35.4. The highest BCUT2D eigenvalue weighted by Gasteiger charge is 2.23. The van der Waals surface area contributed by atoms with Crippen LogP contribution in [0.15, 0.2) is 64.9 Å². The lowest BCUT2D eigenvalue weighted by atomic mass is 10.3. The van der Waals surface area contributed by atoms with E-state index in [9.17, 15) is 28.4 Å². The number of sulfone groups is 1. The van der Waals surface area contributed by atoms with E-state index in [1.807, 2.05) is 0 Å². The van der Waals surface area contributed by atoms with Gasteiger partial charge in [0.15, 0.2) is 15.6 Å². The Hall–Kier alpha value is -3.44. The zero-order valence-electron chi connectivity index (χ0n) is 15.0. The standard InChI is InChI=1S/C18H18N2O8S/c19-9-10-27-13-4-3-5-14(12-13)29(25,26)11-8-17(18(21)22)28-16-7-2-1-6-15(16)20(23)24/h1-8,11-12,17H,9-10,19H2,(H,21,22). The van der Waals surface area contributed by atoms with Crippen molar-refractivity contribution in [2.75, 3.05) is 13.2 Å². The average molecular weight is 422 g/mol. The van der Waals surface area contributed by atoms with Gasteiger partial charge in [-0.25, -0.2) is 13.2 Å². The van der Waals surface area contributed by atoms with Crippen LogP contribution in [0.25, 0.3) is 0 Å². The highest BCUT2D eigenvalue weighted by atomic mass is 32.2. The van der Waals surface area contributed by atoms with Crippen molar-refractivity contribution in [2.45, 2.75) is 11.0 Å². The van der Waals surface area contributed by atoms with Gasteiger partial charge in [0.25, 0.3) is 0 Å². The number of carbonyl (C=O) groups is 1. The van der Waals surface area contributed by atoms with Gasteiger partial charge >= 0.3 is 11.7 Å². The van der Waals surface area contributed by atoms with Crippen molar-refractivity contribution in [3.63, 3.8) is 0 Å². The monoisotopic (exact) mass is 422 g/mol. The number of carboxylic acid groups (broad SMARTS) is 1. The Morgan fingerprint density at radius 2 is 1.97 bits per heavy atom. The van der Waals surface area contributed by atoms with Gasteiger partial charge in [0, 0.05) is 18.0 Å². The number of hydrogen-bond acceptors (Lipinski definition) is 8. The maximum absolute atomic E-state index is 12.5. The van der Waals surface area contributed by atoms with Crippen LogP contribution in [-0.2, 0) is 14.6 Å².